The third kappa shape index (κ3) is 2.77. The van der Waals surface area contributed by atoms with Crippen LogP contribution in [0.1, 0.15) is 52.5 Å². The monoisotopic (exact) mass is 316 g/mol. The van der Waals surface area contributed by atoms with Crippen LogP contribution in [0.2, 0.25) is 0 Å². The number of halogens is 1. The molecule has 0 aromatic carbocycles. The van der Waals surface area contributed by atoms with Gasteiger partial charge in [-0.05, 0) is 51.4 Å². The first kappa shape index (κ1) is 13.6. The minimum atomic E-state index is -0.677. The topological polar surface area (TPSA) is 20.2 Å². The molecule has 0 radical (unpaired) electrons. The molecule has 1 aliphatic carbocycles. The zero-order chi connectivity index (χ0) is 12.9. The zero-order valence-corrected chi connectivity index (χ0v) is 13.4. The first-order chi connectivity index (χ1) is 7.64. The Morgan fingerprint density at radius 1 is 1.06 bits per heavy atom. The van der Waals surface area contributed by atoms with E-state index < -0.39 is 5.60 Å². The second-order valence-electron chi connectivity index (χ2n) is 7.02. The minimum Gasteiger partial charge on any atom is -0.385 e. The van der Waals surface area contributed by atoms with Crippen LogP contribution in [0.4, 0.5) is 0 Å². The maximum absolute atomic E-state index is 11.1. The average molecular weight is 317 g/mol. The Hall–Kier alpha value is 0.140. The molecule has 0 unspecified atom stereocenters. The van der Waals surface area contributed by atoms with Gasteiger partial charge in [0.1, 0.15) is 0 Å². The molecule has 3 heteroatoms. The first-order valence-corrected chi connectivity index (χ1v) is 7.82. The van der Waals surface area contributed by atoms with Gasteiger partial charge >= 0.3 is 0 Å². The second kappa shape index (κ2) is 4.07. The number of rotatable bonds is 1. The normalized spacial score (nSPS) is 25.8. The second-order valence-corrected chi connectivity index (χ2v) is 8.62. The van der Waals surface area contributed by atoms with Crippen LogP contribution >= 0.6 is 27.3 Å². The van der Waals surface area contributed by atoms with Crippen molar-refractivity contribution in [2.45, 2.75) is 52.6 Å². The first-order valence-electron chi connectivity index (χ1n) is 6.08. The van der Waals surface area contributed by atoms with Crippen LogP contribution in [0.15, 0.2) is 15.2 Å². The quantitative estimate of drug-likeness (QED) is 0.778. The highest BCUT2D eigenvalue weighted by Crippen LogP contribution is 2.55. The van der Waals surface area contributed by atoms with Crippen LogP contribution in [0, 0.1) is 10.8 Å². The van der Waals surface area contributed by atoms with Gasteiger partial charge in [0.15, 0.2) is 0 Å². The lowest BCUT2D eigenvalue weighted by Gasteiger charge is -2.49. The van der Waals surface area contributed by atoms with Gasteiger partial charge in [0.2, 0.25) is 0 Å². The predicted octanol–water partition coefficient (Wildman–Crippen LogP) is 4.93. The highest BCUT2D eigenvalue weighted by molar-refractivity contribution is 9.10. The zero-order valence-electron chi connectivity index (χ0n) is 11.0. The number of hydrogen-bond acceptors (Lipinski definition) is 2. The highest BCUT2D eigenvalue weighted by Gasteiger charge is 2.48. The molecule has 0 aliphatic heterocycles. The lowest BCUT2D eigenvalue weighted by atomic mass is 9.58. The molecular weight excluding hydrogens is 296 g/mol. The van der Waals surface area contributed by atoms with E-state index in [0.29, 0.717) is 0 Å². The van der Waals surface area contributed by atoms with Gasteiger partial charge in [-0.25, -0.2) is 0 Å². The molecule has 0 spiro atoms. The largest absolute Gasteiger partial charge is 0.385 e. The molecule has 1 aliphatic rings. The Morgan fingerprint density at radius 2 is 1.59 bits per heavy atom. The fraction of sp³-hybridized carbons (Fsp3) is 0.714. The van der Waals surface area contributed by atoms with Gasteiger partial charge in [0, 0.05) is 15.4 Å². The third-order valence-electron chi connectivity index (χ3n) is 3.62. The summed E-state index contributed by atoms with van der Waals surface area (Å²) < 4.78 is 1.05. The molecule has 0 amide bonds. The van der Waals surface area contributed by atoms with E-state index in [2.05, 4.69) is 54.4 Å². The summed E-state index contributed by atoms with van der Waals surface area (Å²) in [7, 11) is 0. The van der Waals surface area contributed by atoms with Crippen molar-refractivity contribution >= 4 is 27.3 Å². The Balaban J connectivity index is 2.41. The highest BCUT2D eigenvalue weighted by atomic mass is 79.9. The lowest BCUT2D eigenvalue weighted by molar-refractivity contribution is -0.0914. The van der Waals surface area contributed by atoms with E-state index in [0.717, 1.165) is 22.9 Å². The van der Waals surface area contributed by atoms with Crippen molar-refractivity contribution < 1.29 is 5.11 Å². The number of aliphatic hydroxyl groups is 1. The van der Waals surface area contributed by atoms with Gasteiger partial charge < -0.3 is 5.11 Å². The van der Waals surface area contributed by atoms with Crippen molar-refractivity contribution in [3.8, 4) is 0 Å². The van der Waals surface area contributed by atoms with Crippen LogP contribution < -0.4 is 0 Å². The number of hydrogen-bond donors (Lipinski definition) is 1. The molecule has 1 saturated carbocycles. The van der Waals surface area contributed by atoms with E-state index in [1.165, 1.54) is 6.42 Å². The molecule has 17 heavy (non-hydrogen) atoms. The SMILES string of the molecule is CC1(C)CC(C)(C)CC(O)(c2cscc2Br)C1. The number of thiophene rings is 1. The van der Waals surface area contributed by atoms with Gasteiger partial charge in [-0.2, -0.15) is 11.3 Å². The molecule has 0 saturated heterocycles. The van der Waals surface area contributed by atoms with Crippen molar-refractivity contribution in [1.82, 2.24) is 0 Å². The van der Waals surface area contributed by atoms with Crippen molar-refractivity contribution in [1.29, 1.82) is 0 Å². The maximum atomic E-state index is 11.1. The molecular formula is C14H21BrOS. The van der Waals surface area contributed by atoms with Crippen molar-refractivity contribution in [3.63, 3.8) is 0 Å². The summed E-state index contributed by atoms with van der Waals surface area (Å²) in [5.41, 5.74) is 0.781. The van der Waals surface area contributed by atoms with E-state index >= 15 is 0 Å². The summed E-state index contributed by atoms with van der Waals surface area (Å²) in [6.07, 6.45) is 2.86. The van der Waals surface area contributed by atoms with E-state index in [9.17, 15) is 5.11 Å². The van der Waals surface area contributed by atoms with Crippen molar-refractivity contribution in [2.24, 2.45) is 10.8 Å². The van der Waals surface area contributed by atoms with Crippen LogP contribution in [0.3, 0.4) is 0 Å². The molecule has 1 aromatic heterocycles. The smallest absolute Gasteiger partial charge is 0.0925 e. The summed E-state index contributed by atoms with van der Waals surface area (Å²) in [6, 6.07) is 0. The standard InChI is InChI=1S/C14H21BrOS/c1-12(2)7-13(3,4)9-14(16,8-12)10-5-17-6-11(10)15/h5-6,16H,7-9H2,1-4H3. The molecule has 1 fully saturated rings. The van der Waals surface area contributed by atoms with Crippen LogP contribution in [0.5, 0.6) is 0 Å². The van der Waals surface area contributed by atoms with E-state index in [1.54, 1.807) is 11.3 Å². The van der Waals surface area contributed by atoms with E-state index in [1.807, 2.05) is 0 Å². The van der Waals surface area contributed by atoms with Crippen molar-refractivity contribution in [3.05, 3.63) is 20.8 Å². The molecule has 1 N–H and O–H groups in total. The fourth-order valence-corrected chi connectivity index (χ4v) is 5.63. The summed E-state index contributed by atoms with van der Waals surface area (Å²) >= 11 is 5.21. The molecule has 1 aromatic rings. The minimum absolute atomic E-state index is 0.192. The third-order valence-corrected chi connectivity index (χ3v) is 5.32. The van der Waals surface area contributed by atoms with Crippen LogP contribution in [-0.4, -0.2) is 5.11 Å². The van der Waals surface area contributed by atoms with Gasteiger partial charge in [-0.15, -0.1) is 0 Å². The molecule has 96 valence electrons. The molecule has 0 bridgehead atoms. The van der Waals surface area contributed by atoms with Gasteiger partial charge in [-0.3, -0.25) is 0 Å². The summed E-state index contributed by atoms with van der Waals surface area (Å²) in [4.78, 5) is 0. The van der Waals surface area contributed by atoms with Crippen LogP contribution in [-0.2, 0) is 5.60 Å². The molecule has 1 heterocycles. The summed E-state index contributed by atoms with van der Waals surface area (Å²) in [5, 5.41) is 15.2. The van der Waals surface area contributed by atoms with Crippen molar-refractivity contribution in [2.75, 3.05) is 0 Å². The van der Waals surface area contributed by atoms with Gasteiger partial charge in [0.05, 0.1) is 5.60 Å². The predicted molar refractivity (Wildman–Crippen MR) is 77.3 cm³/mol. The fourth-order valence-electron chi connectivity index (χ4n) is 3.87. The summed E-state index contributed by atoms with van der Waals surface area (Å²) in [5.74, 6) is 0. The van der Waals surface area contributed by atoms with Gasteiger partial charge in [0.25, 0.3) is 0 Å². The Labute approximate surface area is 116 Å². The maximum Gasteiger partial charge on any atom is 0.0925 e. The van der Waals surface area contributed by atoms with E-state index in [-0.39, 0.29) is 10.8 Å². The Kier molecular flexibility index (Phi) is 3.25. The molecule has 2 rings (SSSR count). The average Bonchev–Trinajstić information content (AvgIpc) is 2.44. The lowest BCUT2D eigenvalue weighted by Crippen LogP contribution is -2.44. The molecule has 0 atom stereocenters. The summed E-state index contributed by atoms with van der Waals surface area (Å²) in [6.45, 7) is 9.05. The van der Waals surface area contributed by atoms with Gasteiger partial charge in [-0.1, -0.05) is 27.7 Å². The molecule has 1 nitrogen and oxygen atoms in total. The van der Waals surface area contributed by atoms with Crippen LogP contribution in [0.25, 0.3) is 0 Å². The Bertz CT molecular complexity index is 404. The van der Waals surface area contributed by atoms with E-state index in [4.69, 9.17) is 0 Å². The Morgan fingerprint density at radius 3 is 2.00 bits per heavy atom.